The second-order valence-corrected chi connectivity index (χ2v) is 7.14. The molecule has 2 N–H and O–H groups in total. The van der Waals surface area contributed by atoms with Gasteiger partial charge in [-0.05, 0) is 59.7 Å². The van der Waals surface area contributed by atoms with E-state index in [9.17, 15) is 9.59 Å². The smallest absolute Gasteiger partial charge is 0.249 e. The summed E-state index contributed by atoms with van der Waals surface area (Å²) in [5.74, 6) is 0.218. The number of nitrogens with zero attached hydrogens (tertiary/aromatic N) is 1. The Morgan fingerprint density at radius 3 is 2.41 bits per heavy atom. The molecule has 3 rings (SSSR count). The Bertz CT molecular complexity index is 1080. The van der Waals surface area contributed by atoms with Crippen LogP contribution in [0.1, 0.15) is 17.5 Å². The molecule has 0 saturated carbocycles. The number of anilines is 1. The Kier molecular flexibility index (Phi) is 8.22. The molecule has 0 unspecified atom stereocenters. The molecule has 2 amide bonds. The summed E-state index contributed by atoms with van der Waals surface area (Å²) < 4.78 is 10.9. The van der Waals surface area contributed by atoms with Crippen molar-refractivity contribution in [2.75, 3.05) is 12.4 Å². The lowest BCUT2D eigenvalue weighted by molar-refractivity contribution is -0.126. The number of nitrogens with one attached hydrogen (secondary N) is 2. The first-order chi connectivity index (χ1) is 15.5. The van der Waals surface area contributed by atoms with Crippen molar-refractivity contribution in [2.45, 2.75) is 13.0 Å². The fraction of sp³-hybridized carbons (Fsp3) is 0.125. The molecular weight excluding hydrogens is 430 g/mol. The average molecular weight is 452 g/mol. The van der Waals surface area contributed by atoms with Crippen molar-refractivity contribution in [2.24, 2.45) is 5.10 Å². The van der Waals surface area contributed by atoms with Crippen molar-refractivity contribution in [3.8, 4) is 11.5 Å². The van der Waals surface area contributed by atoms with Crippen LogP contribution >= 0.6 is 11.6 Å². The van der Waals surface area contributed by atoms with Gasteiger partial charge < -0.3 is 14.8 Å². The summed E-state index contributed by atoms with van der Waals surface area (Å²) in [7, 11) is 1.50. The van der Waals surface area contributed by atoms with Gasteiger partial charge in [0, 0.05) is 5.02 Å². The van der Waals surface area contributed by atoms with Crippen LogP contribution < -0.4 is 20.2 Å². The van der Waals surface area contributed by atoms with Crippen molar-refractivity contribution in [3.05, 3.63) is 88.9 Å². The highest BCUT2D eigenvalue weighted by molar-refractivity contribution is 6.30. The highest BCUT2D eigenvalue weighted by Gasteiger charge is 2.11. The molecule has 32 heavy (non-hydrogen) atoms. The van der Waals surface area contributed by atoms with Gasteiger partial charge in [0.2, 0.25) is 11.8 Å². The highest BCUT2D eigenvalue weighted by Crippen LogP contribution is 2.23. The van der Waals surface area contributed by atoms with E-state index in [1.807, 2.05) is 24.3 Å². The van der Waals surface area contributed by atoms with E-state index in [2.05, 4.69) is 15.8 Å². The van der Waals surface area contributed by atoms with Crippen LogP contribution in [0.3, 0.4) is 0 Å². The maximum absolute atomic E-state index is 12.0. The molecule has 0 fully saturated rings. The van der Waals surface area contributed by atoms with Crippen molar-refractivity contribution in [1.29, 1.82) is 0 Å². The van der Waals surface area contributed by atoms with Gasteiger partial charge in [0.25, 0.3) is 0 Å². The molecule has 164 valence electrons. The molecule has 0 aliphatic rings. The van der Waals surface area contributed by atoms with Crippen molar-refractivity contribution in [1.82, 2.24) is 5.43 Å². The Hall–Kier alpha value is -3.84. The SMILES string of the molecule is COc1ccccc1NC(=O)CC(=O)NN=Cc1ccc(OCc2ccc(Cl)cc2)cc1. The van der Waals surface area contributed by atoms with Gasteiger partial charge in [-0.15, -0.1) is 0 Å². The van der Waals surface area contributed by atoms with Crippen LogP contribution in [-0.2, 0) is 16.2 Å². The molecule has 8 heteroatoms. The van der Waals surface area contributed by atoms with E-state index in [-0.39, 0.29) is 6.42 Å². The maximum Gasteiger partial charge on any atom is 0.249 e. The fourth-order valence-corrected chi connectivity index (χ4v) is 2.83. The number of halogens is 1. The van der Waals surface area contributed by atoms with Crippen LogP contribution in [0.4, 0.5) is 5.69 Å². The number of carbonyl (C=O) groups is 2. The molecule has 0 aromatic heterocycles. The quantitative estimate of drug-likeness (QED) is 0.286. The molecule has 7 nitrogen and oxygen atoms in total. The summed E-state index contributed by atoms with van der Waals surface area (Å²) >= 11 is 5.87. The standard InChI is InChI=1S/C24H22ClN3O4/c1-31-22-5-3-2-4-21(22)27-23(29)14-24(30)28-26-15-17-8-12-20(13-9-17)32-16-18-6-10-19(25)11-7-18/h2-13,15H,14,16H2,1H3,(H,27,29)(H,28,30). The van der Waals surface area contributed by atoms with Gasteiger partial charge in [-0.25, -0.2) is 5.43 Å². The first kappa shape index (κ1) is 22.8. The van der Waals surface area contributed by atoms with Crippen LogP contribution in [0.15, 0.2) is 77.9 Å². The number of hydrogen-bond acceptors (Lipinski definition) is 5. The van der Waals surface area contributed by atoms with Crippen LogP contribution in [0.2, 0.25) is 5.02 Å². The Balaban J connectivity index is 1.43. The average Bonchev–Trinajstić information content (AvgIpc) is 2.80. The first-order valence-electron chi connectivity index (χ1n) is 9.75. The number of carbonyl (C=O) groups excluding carboxylic acids is 2. The van der Waals surface area contributed by atoms with Gasteiger partial charge in [-0.1, -0.05) is 35.9 Å². The van der Waals surface area contributed by atoms with Crippen LogP contribution in [0.25, 0.3) is 0 Å². The predicted molar refractivity (Wildman–Crippen MR) is 124 cm³/mol. The molecule has 0 spiro atoms. The third-order valence-electron chi connectivity index (χ3n) is 4.30. The molecule has 0 heterocycles. The third-order valence-corrected chi connectivity index (χ3v) is 4.56. The third kappa shape index (κ3) is 7.14. The normalized spacial score (nSPS) is 10.6. The van der Waals surface area contributed by atoms with E-state index in [0.29, 0.717) is 28.8 Å². The van der Waals surface area contributed by atoms with Gasteiger partial charge in [0.05, 0.1) is 19.0 Å². The van der Waals surface area contributed by atoms with Crippen molar-refractivity contribution < 1.29 is 19.1 Å². The second-order valence-electron chi connectivity index (χ2n) is 6.70. The zero-order valence-electron chi connectivity index (χ0n) is 17.4. The largest absolute Gasteiger partial charge is 0.495 e. The van der Waals surface area contributed by atoms with Crippen LogP contribution in [0, 0.1) is 0 Å². The van der Waals surface area contributed by atoms with E-state index < -0.39 is 11.8 Å². The van der Waals surface area contributed by atoms with Crippen LogP contribution in [0.5, 0.6) is 11.5 Å². The summed E-state index contributed by atoms with van der Waals surface area (Å²) in [4.78, 5) is 24.0. The summed E-state index contributed by atoms with van der Waals surface area (Å²) in [6.45, 7) is 0.428. The minimum absolute atomic E-state index is 0.368. The Morgan fingerprint density at radius 2 is 1.69 bits per heavy atom. The van der Waals surface area contributed by atoms with Gasteiger partial charge in [0.15, 0.2) is 0 Å². The lowest BCUT2D eigenvalue weighted by Gasteiger charge is -2.09. The zero-order chi connectivity index (χ0) is 22.8. The number of benzene rings is 3. The van der Waals surface area contributed by atoms with E-state index in [0.717, 1.165) is 11.1 Å². The lowest BCUT2D eigenvalue weighted by Crippen LogP contribution is -2.24. The van der Waals surface area contributed by atoms with Gasteiger partial charge in [-0.3, -0.25) is 9.59 Å². The molecular formula is C24H22ClN3O4. The molecule has 0 saturated heterocycles. The zero-order valence-corrected chi connectivity index (χ0v) is 18.1. The molecule has 0 bridgehead atoms. The number of methoxy groups -OCH3 is 1. The van der Waals surface area contributed by atoms with E-state index in [1.165, 1.54) is 13.3 Å². The summed E-state index contributed by atoms with van der Waals surface area (Å²) in [6, 6.07) is 21.6. The van der Waals surface area contributed by atoms with Gasteiger partial charge in [-0.2, -0.15) is 5.10 Å². The minimum atomic E-state index is -0.531. The van der Waals surface area contributed by atoms with Crippen molar-refractivity contribution >= 4 is 35.3 Å². The van der Waals surface area contributed by atoms with Gasteiger partial charge in [0.1, 0.15) is 24.5 Å². The monoisotopic (exact) mass is 451 g/mol. The molecule has 0 aliphatic heterocycles. The van der Waals surface area contributed by atoms with Crippen LogP contribution in [-0.4, -0.2) is 25.1 Å². The van der Waals surface area contributed by atoms with E-state index >= 15 is 0 Å². The lowest BCUT2D eigenvalue weighted by atomic mass is 10.2. The number of ether oxygens (including phenoxy) is 2. The molecule has 0 atom stereocenters. The second kappa shape index (κ2) is 11.5. The minimum Gasteiger partial charge on any atom is -0.495 e. The fourth-order valence-electron chi connectivity index (χ4n) is 2.70. The highest BCUT2D eigenvalue weighted by atomic mass is 35.5. The van der Waals surface area contributed by atoms with Crippen molar-refractivity contribution in [3.63, 3.8) is 0 Å². The maximum atomic E-state index is 12.0. The van der Waals surface area contributed by atoms with E-state index in [4.69, 9.17) is 21.1 Å². The number of hydrogen-bond donors (Lipinski definition) is 2. The number of amides is 2. The van der Waals surface area contributed by atoms with E-state index in [1.54, 1.807) is 48.5 Å². The number of hydrazone groups is 1. The number of para-hydroxylation sites is 2. The Morgan fingerprint density at radius 1 is 0.969 bits per heavy atom. The topological polar surface area (TPSA) is 89.0 Å². The summed E-state index contributed by atoms with van der Waals surface area (Å²) in [6.07, 6.45) is 1.12. The molecule has 0 radical (unpaired) electrons. The summed E-state index contributed by atoms with van der Waals surface area (Å²) in [5, 5.41) is 7.20. The predicted octanol–water partition coefficient (Wildman–Crippen LogP) is 4.41. The Labute approximate surface area is 191 Å². The first-order valence-corrected chi connectivity index (χ1v) is 10.1. The molecule has 3 aromatic rings. The number of rotatable bonds is 9. The van der Waals surface area contributed by atoms with Gasteiger partial charge >= 0.3 is 0 Å². The molecule has 0 aliphatic carbocycles. The summed E-state index contributed by atoms with van der Waals surface area (Å²) in [5.41, 5.74) is 4.61. The molecule has 3 aromatic carbocycles.